The van der Waals surface area contributed by atoms with E-state index in [4.69, 9.17) is 0 Å². The summed E-state index contributed by atoms with van der Waals surface area (Å²) >= 11 is 0. The summed E-state index contributed by atoms with van der Waals surface area (Å²) in [5.74, 6) is -0.208. The molecule has 7 heteroatoms. The highest BCUT2D eigenvalue weighted by atomic mass is 16.2. The third-order valence-corrected chi connectivity index (χ3v) is 4.65. The third kappa shape index (κ3) is 4.94. The highest BCUT2D eigenvalue weighted by molar-refractivity contribution is 5.98. The lowest BCUT2D eigenvalue weighted by Gasteiger charge is -2.32. The van der Waals surface area contributed by atoms with Crippen LogP contribution in [0.25, 0.3) is 0 Å². The summed E-state index contributed by atoms with van der Waals surface area (Å²) in [5.41, 5.74) is 1.90. The Labute approximate surface area is 164 Å². The molecule has 0 saturated carbocycles. The van der Waals surface area contributed by atoms with Crippen LogP contribution in [-0.2, 0) is 9.59 Å². The number of carbonyl (C=O) groups excluding carboxylic acids is 3. The number of hydrogen-bond acceptors (Lipinski definition) is 4. The maximum absolute atomic E-state index is 12.9. The van der Waals surface area contributed by atoms with E-state index in [9.17, 15) is 14.4 Å². The van der Waals surface area contributed by atoms with Crippen LogP contribution < -0.4 is 10.6 Å². The van der Waals surface area contributed by atoms with Crippen LogP contribution in [0.15, 0.2) is 42.5 Å². The van der Waals surface area contributed by atoms with Crippen LogP contribution in [0.4, 0.5) is 11.5 Å². The van der Waals surface area contributed by atoms with Gasteiger partial charge in [0.05, 0.1) is 5.92 Å². The van der Waals surface area contributed by atoms with Gasteiger partial charge in [-0.05, 0) is 50.1 Å². The molecule has 3 amide bonds. The fraction of sp³-hybridized carbons (Fsp3) is 0.333. The summed E-state index contributed by atoms with van der Waals surface area (Å²) in [6, 6.07) is 12.3. The third-order valence-electron chi connectivity index (χ3n) is 4.65. The molecule has 28 heavy (non-hydrogen) atoms. The monoisotopic (exact) mass is 380 g/mol. The van der Waals surface area contributed by atoms with Gasteiger partial charge in [0.2, 0.25) is 11.8 Å². The summed E-state index contributed by atoms with van der Waals surface area (Å²) < 4.78 is 0. The van der Waals surface area contributed by atoms with Crippen molar-refractivity contribution in [3.8, 4) is 0 Å². The number of likely N-dealkylation sites (tertiary alicyclic amines) is 1. The van der Waals surface area contributed by atoms with Crippen molar-refractivity contribution < 1.29 is 14.4 Å². The number of rotatable bonds is 4. The molecule has 2 N–H and O–H groups in total. The van der Waals surface area contributed by atoms with Gasteiger partial charge in [-0.3, -0.25) is 14.4 Å². The van der Waals surface area contributed by atoms with E-state index in [2.05, 4.69) is 15.6 Å². The zero-order valence-corrected chi connectivity index (χ0v) is 16.1. The molecule has 1 aliphatic heterocycles. The van der Waals surface area contributed by atoms with Crippen molar-refractivity contribution in [2.75, 3.05) is 23.7 Å². The fourth-order valence-electron chi connectivity index (χ4n) is 3.33. The number of piperidine rings is 1. The smallest absolute Gasteiger partial charge is 0.253 e. The molecule has 2 heterocycles. The zero-order chi connectivity index (χ0) is 20.1. The number of pyridine rings is 1. The minimum atomic E-state index is -0.279. The minimum absolute atomic E-state index is 0.123. The summed E-state index contributed by atoms with van der Waals surface area (Å²) in [4.78, 5) is 42.7. The van der Waals surface area contributed by atoms with Crippen LogP contribution in [0.2, 0.25) is 0 Å². The molecular formula is C21H24N4O3. The standard InChI is InChI=1S/C21H24N4O3/c1-14-6-3-10-19(22-14)24-20(27)17-8-5-11-25(13-17)21(28)16-7-4-9-18(12-16)23-15(2)26/h3-4,6-7,9-10,12,17H,5,8,11,13H2,1-2H3,(H,23,26)(H,22,24,27). The van der Waals surface area contributed by atoms with Crippen molar-refractivity contribution in [3.05, 3.63) is 53.7 Å². The molecule has 2 aromatic rings. The lowest BCUT2D eigenvalue weighted by atomic mass is 9.96. The highest BCUT2D eigenvalue weighted by Crippen LogP contribution is 2.21. The van der Waals surface area contributed by atoms with E-state index >= 15 is 0 Å². The van der Waals surface area contributed by atoms with Crippen molar-refractivity contribution >= 4 is 29.2 Å². The molecule has 1 aliphatic rings. The Hall–Kier alpha value is -3.22. The molecule has 0 aliphatic carbocycles. The quantitative estimate of drug-likeness (QED) is 0.853. The van der Waals surface area contributed by atoms with Crippen molar-refractivity contribution in [3.63, 3.8) is 0 Å². The average Bonchev–Trinajstić information content (AvgIpc) is 2.67. The Bertz CT molecular complexity index is 897. The maximum Gasteiger partial charge on any atom is 0.253 e. The number of nitrogens with one attached hydrogen (secondary N) is 2. The topological polar surface area (TPSA) is 91.4 Å². The number of amides is 3. The maximum atomic E-state index is 12.9. The van der Waals surface area contributed by atoms with E-state index in [1.807, 2.05) is 19.1 Å². The van der Waals surface area contributed by atoms with Crippen molar-refractivity contribution in [1.29, 1.82) is 0 Å². The Kier molecular flexibility index (Phi) is 6.03. The van der Waals surface area contributed by atoms with Crippen LogP contribution in [0.1, 0.15) is 35.8 Å². The SMILES string of the molecule is CC(=O)Nc1cccc(C(=O)N2CCCC(C(=O)Nc3cccc(C)n3)C2)c1. The number of hydrogen-bond donors (Lipinski definition) is 2. The van der Waals surface area contributed by atoms with Gasteiger partial charge >= 0.3 is 0 Å². The first-order valence-electron chi connectivity index (χ1n) is 9.34. The first-order chi connectivity index (χ1) is 13.4. The molecule has 1 aromatic carbocycles. The number of benzene rings is 1. The molecular weight excluding hydrogens is 356 g/mol. The van der Waals surface area contributed by atoms with Gasteiger partial charge in [-0.25, -0.2) is 4.98 Å². The van der Waals surface area contributed by atoms with Crippen molar-refractivity contribution in [1.82, 2.24) is 9.88 Å². The summed E-state index contributed by atoms with van der Waals surface area (Å²) in [6.07, 6.45) is 1.49. The van der Waals surface area contributed by atoms with E-state index in [1.54, 1.807) is 35.2 Å². The van der Waals surface area contributed by atoms with E-state index in [-0.39, 0.29) is 23.6 Å². The van der Waals surface area contributed by atoms with Crippen molar-refractivity contribution in [2.45, 2.75) is 26.7 Å². The van der Waals surface area contributed by atoms with Crippen LogP contribution in [-0.4, -0.2) is 40.7 Å². The van der Waals surface area contributed by atoms with Gasteiger partial charge in [0.25, 0.3) is 5.91 Å². The number of aromatic nitrogens is 1. The van der Waals surface area contributed by atoms with E-state index in [0.717, 1.165) is 18.5 Å². The largest absolute Gasteiger partial charge is 0.338 e. The minimum Gasteiger partial charge on any atom is -0.338 e. The molecule has 146 valence electrons. The van der Waals surface area contributed by atoms with Crippen LogP contribution in [0, 0.1) is 12.8 Å². The molecule has 1 saturated heterocycles. The second kappa shape index (κ2) is 8.65. The van der Waals surface area contributed by atoms with Gasteiger partial charge < -0.3 is 15.5 Å². The molecule has 3 rings (SSSR count). The normalized spacial score (nSPS) is 16.4. The molecule has 1 aromatic heterocycles. The summed E-state index contributed by atoms with van der Waals surface area (Å²) in [7, 11) is 0. The Morgan fingerprint density at radius 3 is 2.64 bits per heavy atom. The second-order valence-electron chi connectivity index (χ2n) is 7.01. The van der Waals surface area contributed by atoms with Gasteiger partial charge in [0.15, 0.2) is 0 Å². The zero-order valence-electron chi connectivity index (χ0n) is 16.1. The molecule has 1 atom stereocenters. The first-order valence-corrected chi connectivity index (χ1v) is 9.34. The van der Waals surface area contributed by atoms with Crippen LogP contribution in [0.3, 0.4) is 0 Å². The van der Waals surface area contributed by atoms with Gasteiger partial charge in [0, 0.05) is 37.0 Å². The lowest BCUT2D eigenvalue weighted by molar-refractivity contribution is -0.121. The van der Waals surface area contributed by atoms with E-state index in [0.29, 0.717) is 30.2 Å². The Morgan fingerprint density at radius 1 is 1.11 bits per heavy atom. The molecule has 0 bridgehead atoms. The Balaban J connectivity index is 1.66. The van der Waals surface area contributed by atoms with Gasteiger partial charge in [0.1, 0.15) is 5.82 Å². The first kappa shape index (κ1) is 19.5. The lowest BCUT2D eigenvalue weighted by Crippen LogP contribution is -2.43. The number of nitrogens with zero attached hydrogens (tertiary/aromatic N) is 2. The molecule has 0 spiro atoms. The highest BCUT2D eigenvalue weighted by Gasteiger charge is 2.29. The molecule has 1 fully saturated rings. The van der Waals surface area contributed by atoms with Gasteiger partial charge in [-0.15, -0.1) is 0 Å². The molecule has 0 radical (unpaired) electrons. The number of carbonyl (C=O) groups is 3. The van der Waals surface area contributed by atoms with Crippen molar-refractivity contribution in [2.24, 2.45) is 5.92 Å². The summed E-state index contributed by atoms with van der Waals surface area (Å²) in [5, 5.41) is 5.53. The van der Waals surface area contributed by atoms with Gasteiger partial charge in [-0.1, -0.05) is 12.1 Å². The Morgan fingerprint density at radius 2 is 1.89 bits per heavy atom. The number of anilines is 2. The van der Waals surface area contributed by atoms with Crippen LogP contribution in [0.5, 0.6) is 0 Å². The van der Waals surface area contributed by atoms with E-state index in [1.165, 1.54) is 6.92 Å². The number of aryl methyl sites for hydroxylation is 1. The molecule has 1 unspecified atom stereocenters. The van der Waals surface area contributed by atoms with Crippen LogP contribution >= 0.6 is 0 Å². The van der Waals surface area contributed by atoms with E-state index < -0.39 is 0 Å². The van der Waals surface area contributed by atoms with Gasteiger partial charge in [-0.2, -0.15) is 0 Å². The second-order valence-corrected chi connectivity index (χ2v) is 7.01. The predicted octanol–water partition coefficient (Wildman–Crippen LogP) is 2.84. The average molecular weight is 380 g/mol. The predicted molar refractivity (Wildman–Crippen MR) is 107 cm³/mol. The molecule has 7 nitrogen and oxygen atoms in total. The summed E-state index contributed by atoms with van der Waals surface area (Å²) in [6.45, 7) is 4.26. The fourth-order valence-corrected chi connectivity index (χ4v) is 3.33.